The Hall–Kier alpha value is -1.76. The lowest BCUT2D eigenvalue weighted by atomic mass is 10.1. The van der Waals surface area contributed by atoms with Gasteiger partial charge in [-0.15, -0.1) is 0 Å². The molecule has 2 rings (SSSR count). The van der Waals surface area contributed by atoms with Crippen LogP contribution in [-0.2, 0) is 16.1 Å². The van der Waals surface area contributed by atoms with Crippen LogP contribution in [-0.4, -0.2) is 37.4 Å². The van der Waals surface area contributed by atoms with Crippen LogP contribution in [0.3, 0.4) is 0 Å². The maximum absolute atomic E-state index is 12.1. The molecule has 8 nitrogen and oxygen atoms in total. The Labute approximate surface area is 221 Å². The van der Waals surface area contributed by atoms with Crippen molar-refractivity contribution in [2.45, 2.75) is 13.5 Å². The van der Waals surface area contributed by atoms with Gasteiger partial charge < -0.3 is 14.2 Å². The van der Waals surface area contributed by atoms with Gasteiger partial charge in [-0.2, -0.15) is 10.4 Å². The summed E-state index contributed by atoms with van der Waals surface area (Å²) in [6, 6.07) is 5.83. The van der Waals surface area contributed by atoms with Crippen molar-refractivity contribution in [1.82, 2.24) is 10.4 Å². The zero-order valence-corrected chi connectivity index (χ0v) is 23.1. The highest BCUT2D eigenvalue weighted by Gasteiger charge is 2.18. The van der Waals surface area contributed by atoms with Crippen LogP contribution in [0.5, 0.6) is 11.6 Å². The topological polar surface area (TPSA) is 106 Å². The highest BCUT2D eigenvalue weighted by atomic mass is 127. The van der Waals surface area contributed by atoms with E-state index in [0.717, 1.165) is 18.5 Å². The summed E-state index contributed by atoms with van der Waals surface area (Å²) in [6.45, 7) is 5.68. The monoisotopic (exact) mass is 724 g/mol. The summed E-state index contributed by atoms with van der Waals surface area (Å²) in [5, 5.41) is 13.5. The zero-order valence-electron chi connectivity index (χ0n) is 17.2. The molecule has 0 aliphatic rings. The number of benzene rings is 1. The second-order valence-corrected chi connectivity index (χ2v) is 9.33. The number of carbonyl (C=O) groups excluding carboxylic acids is 1. The van der Waals surface area contributed by atoms with Gasteiger partial charge >= 0.3 is 0 Å². The first-order valence-corrected chi connectivity index (χ1v) is 12.0. The minimum absolute atomic E-state index is 0.0681. The lowest BCUT2D eigenvalue weighted by Crippen LogP contribution is -2.25. The number of amides is 1. The Balaban J connectivity index is 2.03. The SMILES string of the molecule is C=CCOc1c(I)cc(/C=N\NC(=O)COc2nc(C)c(Br)c(COC)c2C#N)cc1I. The minimum Gasteiger partial charge on any atom is -0.487 e. The minimum atomic E-state index is -0.490. The Morgan fingerprint density at radius 2 is 2.06 bits per heavy atom. The number of hydrogen-bond donors (Lipinski definition) is 1. The number of ether oxygens (including phenoxy) is 3. The second-order valence-electron chi connectivity index (χ2n) is 6.21. The van der Waals surface area contributed by atoms with E-state index in [1.807, 2.05) is 12.1 Å². The van der Waals surface area contributed by atoms with Crippen LogP contribution in [0.2, 0.25) is 0 Å². The predicted octanol–water partition coefficient (Wildman–Crippen LogP) is 4.47. The van der Waals surface area contributed by atoms with Crippen LogP contribution in [0, 0.1) is 25.4 Å². The number of nitriles is 1. The van der Waals surface area contributed by atoms with E-state index in [4.69, 9.17) is 14.2 Å². The van der Waals surface area contributed by atoms with E-state index in [9.17, 15) is 10.1 Å². The zero-order chi connectivity index (χ0) is 23.7. The molecular formula is C21H19BrI2N4O4. The molecule has 1 aromatic carbocycles. The molecule has 32 heavy (non-hydrogen) atoms. The normalized spacial score (nSPS) is 10.6. The van der Waals surface area contributed by atoms with Crippen LogP contribution in [0.25, 0.3) is 0 Å². The van der Waals surface area contributed by atoms with Gasteiger partial charge in [0.25, 0.3) is 5.91 Å². The molecule has 0 unspecified atom stereocenters. The lowest BCUT2D eigenvalue weighted by molar-refractivity contribution is -0.123. The Kier molecular flexibility index (Phi) is 10.8. The molecule has 0 saturated heterocycles. The number of aromatic nitrogens is 1. The van der Waals surface area contributed by atoms with E-state index in [2.05, 4.69) is 89.3 Å². The van der Waals surface area contributed by atoms with Crippen molar-refractivity contribution in [3.63, 3.8) is 0 Å². The standard InChI is InChI=1S/C21H19BrI2N4O4/c1-4-5-31-20-16(23)6-13(7-17(20)24)9-26-28-18(29)11-32-21-14(8-25)15(10-30-3)19(22)12(2)27-21/h4,6-7,9H,1,5,10-11H2,2-3H3,(H,28,29)/b26-9-. The van der Waals surface area contributed by atoms with Gasteiger partial charge in [0.05, 0.1) is 25.7 Å². The number of pyridine rings is 1. The number of nitrogens with zero attached hydrogens (tertiary/aromatic N) is 3. The molecule has 11 heteroatoms. The lowest BCUT2D eigenvalue weighted by Gasteiger charge is -2.13. The van der Waals surface area contributed by atoms with Crippen molar-refractivity contribution in [1.29, 1.82) is 5.26 Å². The van der Waals surface area contributed by atoms with E-state index in [-0.39, 0.29) is 24.7 Å². The number of halogens is 3. The van der Waals surface area contributed by atoms with Gasteiger partial charge in [0, 0.05) is 17.1 Å². The summed E-state index contributed by atoms with van der Waals surface area (Å²) in [5.74, 6) is 0.355. The molecule has 0 radical (unpaired) electrons. The number of methoxy groups -OCH3 is 1. The highest BCUT2D eigenvalue weighted by molar-refractivity contribution is 14.1. The first-order chi connectivity index (χ1) is 15.3. The van der Waals surface area contributed by atoms with Crippen LogP contribution in [0.1, 0.15) is 22.4 Å². The third-order valence-corrected chi connectivity index (χ3v) is 6.53. The van der Waals surface area contributed by atoms with Gasteiger partial charge in [0.2, 0.25) is 5.88 Å². The van der Waals surface area contributed by atoms with Crippen LogP contribution in [0.15, 0.2) is 34.4 Å². The number of rotatable bonds is 10. The number of nitrogens with one attached hydrogen (secondary N) is 1. The average molecular weight is 725 g/mol. The Morgan fingerprint density at radius 3 is 2.66 bits per heavy atom. The van der Waals surface area contributed by atoms with Gasteiger partial charge in [-0.25, -0.2) is 10.4 Å². The third kappa shape index (κ3) is 7.12. The molecule has 0 spiro atoms. The van der Waals surface area contributed by atoms with Gasteiger partial charge in [0.1, 0.15) is 24.0 Å². The van der Waals surface area contributed by atoms with E-state index in [1.54, 1.807) is 13.0 Å². The molecule has 0 saturated carbocycles. The number of aryl methyl sites for hydroxylation is 1. The number of carbonyl (C=O) groups is 1. The average Bonchev–Trinajstić information content (AvgIpc) is 2.75. The summed E-state index contributed by atoms with van der Waals surface area (Å²) in [7, 11) is 1.53. The molecule has 0 aliphatic carbocycles. The fourth-order valence-corrected chi connectivity index (χ4v) is 5.02. The summed E-state index contributed by atoms with van der Waals surface area (Å²) in [4.78, 5) is 16.4. The van der Waals surface area contributed by atoms with Crippen molar-refractivity contribution in [3.8, 4) is 17.7 Å². The summed E-state index contributed by atoms with van der Waals surface area (Å²) < 4.78 is 18.8. The molecule has 1 N–H and O–H groups in total. The Bertz CT molecular complexity index is 1060. The molecule has 1 heterocycles. The number of hydrogen-bond acceptors (Lipinski definition) is 7. The van der Waals surface area contributed by atoms with Gasteiger partial charge in [0.15, 0.2) is 6.61 Å². The maximum Gasteiger partial charge on any atom is 0.278 e. The molecule has 0 aliphatic heterocycles. The summed E-state index contributed by atoms with van der Waals surface area (Å²) in [5.41, 5.74) is 4.65. The first-order valence-electron chi connectivity index (χ1n) is 9.07. The van der Waals surface area contributed by atoms with E-state index < -0.39 is 5.91 Å². The molecule has 0 atom stereocenters. The van der Waals surface area contributed by atoms with E-state index in [0.29, 0.717) is 22.3 Å². The number of hydrazone groups is 1. The predicted molar refractivity (Wildman–Crippen MR) is 141 cm³/mol. The summed E-state index contributed by atoms with van der Waals surface area (Å²) in [6.07, 6.45) is 3.21. The maximum atomic E-state index is 12.1. The highest BCUT2D eigenvalue weighted by Crippen LogP contribution is 2.30. The van der Waals surface area contributed by atoms with Crippen molar-refractivity contribution in [2.75, 3.05) is 20.3 Å². The Morgan fingerprint density at radius 1 is 1.38 bits per heavy atom. The second kappa shape index (κ2) is 13.1. The molecule has 2 aromatic rings. The van der Waals surface area contributed by atoms with Crippen molar-refractivity contribution in [2.24, 2.45) is 5.10 Å². The van der Waals surface area contributed by atoms with Crippen LogP contribution >= 0.6 is 61.1 Å². The van der Waals surface area contributed by atoms with E-state index >= 15 is 0 Å². The fourth-order valence-electron chi connectivity index (χ4n) is 2.49. The molecule has 168 valence electrons. The van der Waals surface area contributed by atoms with Gasteiger partial charge in [-0.3, -0.25) is 4.79 Å². The van der Waals surface area contributed by atoms with Crippen molar-refractivity contribution >= 4 is 73.2 Å². The van der Waals surface area contributed by atoms with Gasteiger partial charge in [-0.05, 0) is 85.7 Å². The smallest absolute Gasteiger partial charge is 0.278 e. The molecular weight excluding hydrogens is 706 g/mol. The quantitative estimate of drug-likeness (QED) is 0.168. The largest absolute Gasteiger partial charge is 0.487 e. The van der Waals surface area contributed by atoms with Crippen LogP contribution < -0.4 is 14.9 Å². The molecule has 1 aromatic heterocycles. The summed E-state index contributed by atoms with van der Waals surface area (Å²) >= 11 is 7.76. The first kappa shape index (κ1) is 26.5. The van der Waals surface area contributed by atoms with Crippen molar-refractivity contribution < 1.29 is 19.0 Å². The third-order valence-electron chi connectivity index (χ3n) is 3.88. The van der Waals surface area contributed by atoms with Crippen LogP contribution in [0.4, 0.5) is 0 Å². The molecule has 1 amide bonds. The molecule has 0 fully saturated rings. The fraction of sp³-hybridized carbons (Fsp3) is 0.238. The van der Waals surface area contributed by atoms with E-state index in [1.165, 1.54) is 13.3 Å². The van der Waals surface area contributed by atoms with Crippen molar-refractivity contribution in [3.05, 3.63) is 58.8 Å². The van der Waals surface area contributed by atoms with Gasteiger partial charge in [-0.1, -0.05) is 12.7 Å². The molecule has 0 bridgehead atoms.